The highest BCUT2D eigenvalue weighted by atomic mass is 16.2. The number of carbonyl (C=O) groups excluding carboxylic acids is 1. The number of amides is 1. The first-order valence-electron chi connectivity index (χ1n) is 8.32. The van der Waals surface area contributed by atoms with E-state index in [1.807, 2.05) is 18.2 Å². The molecule has 2 aliphatic rings. The molecular weight excluding hydrogens is 260 g/mol. The van der Waals surface area contributed by atoms with Crippen molar-refractivity contribution in [1.29, 1.82) is 0 Å². The number of piperidine rings is 1. The van der Waals surface area contributed by atoms with Crippen molar-refractivity contribution in [3.05, 3.63) is 35.9 Å². The lowest BCUT2D eigenvalue weighted by Crippen LogP contribution is -2.42. The van der Waals surface area contributed by atoms with Crippen LogP contribution in [0.15, 0.2) is 30.3 Å². The van der Waals surface area contributed by atoms with Gasteiger partial charge in [-0.25, -0.2) is 0 Å². The molecule has 1 aromatic carbocycles. The van der Waals surface area contributed by atoms with Crippen molar-refractivity contribution in [2.75, 3.05) is 19.6 Å². The zero-order chi connectivity index (χ0) is 14.7. The normalized spacial score (nSPS) is 21.0. The predicted molar refractivity (Wildman–Crippen MR) is 85.2 cm³/mol. The molecule has 1 saturated carbocycles. The Morgan fingerprint density at radius 1 is 1.19 bits per heavy atom. The minimum absolute atomic E-state index is 0.0199. The number of nitrogens with zero attached hydrogens (tertiary/aromatic N) is 1. The summed E-state index contributed by atoms with van der Waals surface area (Å²) in [5.41, 5.74) is 1.14. The van der Waals surface area contributed by atoms with Gasteiger partial charge in [0.05, 0.1) is 5.92 Å². The van der Waals surface area contributed by atoms with Gasteiger partial charge in [-0.2, -0.15) is 0 Å². The van der Waals surface area contributed by atoms with Crippen LogP contribution in [-0.4, -0.2) is 36.5 Å². The molecule has 1 aromatic rings. The molecule has 0 bridgehead atoms. The second-order valence-corrected chi connectivity index (χ2v) is 6.55. The average Bonchev–Trinajstić information content (AvgIpc) is 3.38. The van der Waals surface area contributed by atoms with Gasteiger partial charge in [0.25, 0.3) is 0 Å². The van der Waals surface area contributed by atoms with E-state index in [2.05, 4.69) is 29.3 Å². The monoisotopic (exact) mass is 286 g/mol. The summed E-state index contributed by atoms with van der Waals surface area (Å²) in [5.74, 6) is 0.981. The van der Waals surface area contributed by atoms with E-state index in [1.54, 1.807) is 0 Å². The number of nitrogens with one attached hydrogen (secondary N) is 1. The van der Waals surface area contributed by atoms with Gasteiger partial charge in [0.1, 0.15) is 0 Å². The largest absolute Gasteiger partial charge is 0.339 e. The molecule has 1 heterocycles. The summed E-state index contributed by atoms with van der Waals surface area (Å²) in [6, 6.07) is 10.7. The Balaban J connectivity index is 1.66. The molecule has 1 atom stereocenters. The van der Waals surface area contributed by atoms with E-state index in [1.165, 1.54) is 25.7 Å². The molecule has 3 rings (SSSR count). The zero-order valence-corrected chi connectivity index (χ0v) is 12.9. The number of hydrogen-bond acceptors (Lipinski definition) is 2. The van der Waals surface area contributed by atoms with Crippen molar-refractivity contribution < 1.29 is 4.79 Å². The Kier molecular flexibility index (Phi) is 4.59. The molecule has 2 fully saturated rings. The van der Waals surface area contributed by atoms with E-state index >= 15 is 0 Å². The Hall–Kier alpha value is -1.35. The van der Waals surface area contributed by atoms with Crippen LogP contribution in [0.25, 0.3) is 0 Å². The van der Waals surface area contributed by atoms with E-state index in [4.69, 9.17) is 0 Å². The smallest absolute Gasteiger partial charge is 0.230 e. The molecule has 1 aliphatic heterocycles. The molecule has 1 unspecified atom stereocenters. The Bertz CT molecular complexity index is 463. The highest BCUT2D eigenvalue weighted by molar-refractivity contribution is 5.83. The lowest BCUT2D eigenvalue weighted by molar-refractivity contribution is -0.133. The van der Waals surface area contributed by atoms with Gasteiger partial charge in [0, 0.05) is 12.6 Å². The number of hydrogen-bond donors (Lipinski definition) is 1. The van der Waals surface area contributed by atoms with Gasteiger partial charge in [0.2, 0.25) is 5.91 Å². The second-order valence-electron chi connectivity index (χ2n) is 6.55. The van der Waals surface area contributed by atoms with E-state index in [-0.39, 0.29) is 5.92 Å². The summed E-state index contributed by atoms with van der Waals surface area (Å²) in [6.45, 7) is 5.22. The van der Waals surface area contributed by atoms with E-state index in [0.29, 0.717) is 17.9 Å². The van der Waals surface area contributed by atoms with Crippen LogP contribution >= 0.6 is 0 Å². The Morgan fingerprint density at radius 2 is 1.86 bits per heavy atom. The van der Waals surface area contributed by atoms with E-state index < -0.39 is 0 Å². The van der Waals surface area contributed by atoms with Crippen LogP contribution in [0, 0.1) is 5.92 Å². The third-order valence-electron chi connectivity index (χ3n) is 4.85. The molecule has 3 heteroatoms. The van der Waals surface area contributed by atoms with Crippen LogP contribution in [-0.2, 0) is 4.79 Å². The van der Waals surface area contributed by atoms with Gasteiger partial charge in [-0.15, -0.1) is 0 Å². The molecule has 0 aromatic heterocycles. The maximum atomic E-state index is 12.9. The van der Waals surface area contributed by atoms with Gasteiger partial charge in [-0.3, -0.25) is 4.79 Å². The van der Waals surface area contributed by atoms with E-state index in [9.17, 15) is 4.79 Å². The minimum Gasteiger partial charge on any atom is -0.339 e. The molecule has 1 saturated heterocycles. The SMILES string of the molecule is CC(C(=O)N(CC1CCNCC1)C1CC1)c1ccccc1. The lowest BCUT2D eigenvalue weighted by Gasteiger charge is -2.32. The summed E-state index contributed by atoms with van der Waals surface area (Å²) >= 11 is 0. The summed E-state index contributed by atoms with van der Waals surface area (Å²) in [6.07, 6.45) is 4.79. The van der Waals surface area contributed by atoms with Gasteiger partial charge >= 0.3 is 0 Å². The molecule has 1 amide bonds. The highest BCUT2D eigenvalue weighted by Crippen LogP contribution is 2.32. The van der Waals surface area contributed by atoms with Gasteiger partial charge in [0.15, 0.2) is 0 Å². The minimum atomic E-state index is -0.0199. The predicted octanol–water partition coefficient (Wildman–Crippen LogP) is 2.78. The quantitative estimate of drug-likeness (QED) is 0.902. The first-order chi connectivity index (χ1) is 10.3. The molecule has 1 N–H and O–H groups in total. The highest BCUT2D eigenvalue weighted by Gasteiger charge is 2.36. The van der Waals surface area contributed by atoms with Crippen LogP contribution in [0.4, 0.5) is 0 Å². The van der Waals surface area contributed by atoms with Crippen LogP contribution in [0.2, 0.25) is 0 Å². The maximum Gasteiger partial charge on any atom is 0.230 e. The van der Waals surface area contributed by atoms with Crippen LogP contribution in [0.3, 0.4) is 0 Å². The number of carbonyl (C=O) groups is 1. The van der Waals surface area contributed by atoms with Crippen LogP contribution in [0.5, 0.6) is 0 Å². The molecular formula is C18H26N2O. The third-order valence-corrected chi connectivity index (χ3v) is 4.85. The van der Waals surface area contributed by atoms with Crippen LogP contribution < -0.4 is 5.32 Å². The second kappa shape index (κ2) is 6.61. The van der Waals surface area contributed by atoms with E-state index in [0.717, 1.165) is 25.2 Å². The van der Waals surface area contributed by atoms with Gasteiger partial charge in [-0.05, 0) is 57.2 Å². The fraction of sp³-hybridized carbons (Fsp3) is 0.611. The van der Waals surface area contributed by atoms with Crippen molar-refractivity contribution in [1.82, 2.24) is 10.2 Å². The van der Waals surface area contributed by atoms with Crippen molar-refractivity contribution in [2.24, 2.45) is 5.92 Å². The topological polar surface area (TPSA) is 32.3 Å². The molecule has 0 spiro atoms. The number of rotatable bonds is 5. The van der Waals surface area contributed by atoms with Gasteiger partial charge < -0.3 is 10.2 Å². The Labute approximate surface area is 127 Å². The third kappa shape index (κ3) is 3.65. The first-order valence-corrected chi connectivity index (χ1v) is 8.32. The molecule has 114 valence electrons. The van der Waals surface area contributed by atoms with Crippen molar-refractivity contribution in [3.8, 4) is 0 Å². The molecule has 0 radical (unpaired) electrons. The fourth-order valence-corrected chi connectivity index (χ4v) is 3.28. The zero-order valence-electron chi connectivity index (χ0n) is 12.9. The van der Waals surface area contributed by atoms with Gasteiger partial charge in [-0.1, -0.05) is 30.3 Å². The summed E-state index contributed by atoms with van der Waals surface area (Å²) in [4.78, 5) is 15.1. The van der Waals surface area contributed by atoms with Crippen molar-refractivity contribution in [3.63, 3.8) is 0 Å². The Morgan fingerprint density at radius 3 is 2.48 bits per heavy atom. The summed E-state index contributed by atoms with van der Waals surface area (Å²) in [7, 11) is 0. The lowest BCUT2D eigenvalue weighted by atomic mass is 9.95. The first kappa shape index (κ1) is 14.6. The maximum absolute atomic E-state index is 12.9. The van der Waals surface area contributed by atoms with Crippen molar-refractivity contribution in [2.45, 2.75) is 44.6 Å². The van der Waals surface area contributed by atoms with Crippen LogP contribution in [0.1, 0.15) is 44.1 Å². The average molecular weight is 286 g/mol. The summed E-state index contributed by atoms with van der Waals surface area (Å²) < 4.78 is 0. The summed E-state index contributed by atoms with van der Waals surface area (Å²) in [5, 5.41) is 3.41. The molecule has 3 nitrogen and oxygen atoms in total. The standard InChI is InChI=1S/C18H26N2O/c1-14(16-5-3-2-4-6-16)18(21)20(17-7-8-17)13-15-9-11-19-12-10-15/h2-6,14-15,17,19H,7-13H2,1H3. The number of benzene rings is 1. The van der Waals surface area contributed by atoms with Crippen molar-refractivity contribution >= 4 is 5.91 Å². The molecule has 21 heavy (non-hydrogen) atoms. The molecule has 1 aliphatic carbocycles. The fourth-order valence-electron chi connectivity index (χ4n) is 3.28.